The molecule has 6 nitrogen and oxygen atoms in total. The van der Waals surface area contributed by atoms with Gasteiger partial charge in [0.25, 0.3) is 5.91 Å². The number of hydrogen-bond donors (Lipinski definition) is 2. The van der Waals surface area contributed by atoms with Crippen LogP contribution in [0.1, 0.15) is 31.9 Å². The molecule has 0 fully saturated rings. The minimum Gasteiger partial charge on any atom is -0.481 e. The number of ether oxygens (including phenoxy) is 1. The third-order valence-electron chi connectivity index (χ3n) is 4.98. The molecule has 0 spiro atoms. The topological polar surface area (TPSA) is 70.7 Å². The Hall–Kier alpha value is -3.54. The van der Waals surface area contributed by atoms with Crippen LogP contribution in [0.3, 0.4) is 0 Å². The maximum Gasteiger partial charge on any atom is 0.319 e. The van der Waals surface area contributed by atoms with E-state index in [4.69, 9.17) is 4.74 Å². The van der Waals surface area contributed by atoms with Crippen molar-refractivity contribution in [3.63, 3.8) is 0 Å². The third-order valence-corrected chi connectivity index (χ3v) is 4.98. The van der Waals surface area contributed by atoms with Crippen LogP contribution in [0.4, 0.5) is 16.2 Å². The highest BCUT2D eigenvalue weighted by molar-refractivity contribution is 5.99. The molecule has 3 rings (SSSR count). The van der Waals surface area contributed by atoms with Crippen LogP contribution in [-0.4, -0.2) is 25.1 Å². The molecule has 0 saturated carbocycles. The van der Waals surface area contributed by atoms with Gasteiger partial charge < -0.3 is 20.3 Å². The molecule has 0 radical (unpaired) electrons. The van der Waals surface area contributed by atoms with Crippen LogP contribution < -0.4 is 20.3 Å². The van der Waals surface area contributed by atoms with Gasteiger partial charge in [0.15, 0.2) is 6.61 Å². The van der Waals surface area contributed by atoms with Crippen molar-refractivity contribution >= 4 is 28.9 Å². The highest BCUT2D eigenvalue weighted by Gasteiger charge is 2.26. The summed E-state index contributed by atoms with van der Waals surface area (Å²) in [6, 6.07) is 12.8. The van der Waals surface area contributed by atoms with E-state index in [1.807, 2.05) is 45.0 Å². The SMILES string of the molecule is C=CCN1C(=O)COc2cc(NC(=O)NC(C)(C)c3cccc(C(=C)C)c3)ccc21. The van der Waals surface area contributed by atoms with Crippen molar-refractivity contribution in [3.05, 3.63) is 72.8 Å². The summed E-state index contributed by atoms with van der Waals surface area (Å²) < 4.78 is 5.53. The summed E-state index contributed by atoms with van der Waals surface area (Å²) in [7, 11) is 0. The second-order valence-electron chi connectivity index (χ2n) is 7.83. The first-order chi connectivity index (χ1) is 14.2. The van der Waals surface area contributed by atoms with Gasteiger partial charge in [0, 0.05) is 18.3 Å². The van der Waals surface area contributed by atoms with E-state index in [2.05, 4.69) is 23.8 Å². The number of carbonyl (C=O) groups excluding carboxylic acids is 2. The molecule has 0 aromatic heterocycles. The number of fused-ring (bicyclic) bond motifs is 1. The van der Waals surface area contributed by atoms with Crippen LogP contribution in [0.5, 0.6) is 5.75 Å². The molecule has 30 heavy (non-hydrogen) atoms. The zero-order valence-electron chi connectivity index (χ0n) is 17.6. The molecule has 1 aliphatic heterocycles. The molecule has 0 atom stereocenters. The van der Waals surface area contributed by atoms with E-state index in [0.717, 1.165) is 16.7 Å². The van der Waals surface area contributed by atoms with Gasteiger partial charge in [-0.1, -0.05) is 36.4 Å². The second-order valence-corrected chi connectivity index (χ2v) is 7.83. The van der Waals surface area contributed by atoms with E-state index in [-0.39, 0.29) is 18.5 Å². The molecule has 0 aliphatic carbocycles. The van der Waals surface area contributed by atoms with Crippen LogP contribution in [-0.2, 0) is 10.3 Å². The Balaban J connectivity index is 1.73. The van der Waals surface area contributed by atoms with Crippen LogP contribution in [0.2, 0.25) is 0 Å². The lowest BCUT2D eigenvalue weighted by atomic mass is 9.92. The number of anilines is 2. The highest BCUT2D eigenvalue weighted by Crippen LogP contribution is 2.34. The van der Waals surface area contributed by atoms with E-state index in [9.17, 15) is 9.59 Å². The van der Waals surface area contributed by atoms with Crippen molar-refractivity contribution in [1.82, 2.24) is 5.32 Å². The van der Waals surface area contributed by atoms with Gasteiger partial charge in [0.2, 0.25) is 0 Å². The van der Waals surface area contributed by atoms with Gasteiger partial charge in [0.05, 0.1) is 11.2 Å². The van der Waals surface area contributed by atoms with Gasteiger partial charge in [-0.15, -0.1) is 6.58 Å². The number of allylic oxidation sites excluding steroid dienone is 1. The molecule has 156 valence electrons. The number of hydrogen-bond acceptors (Lipinski definition) is 3. The Morgan fingerprint density at radius 2 is 2.03 bits per heavy atom. The number of carbonyl (C=O) groups is 2. The molecule has 0 unspecified atom stereocenters. The molecular weight excluding hydrogens is 378 g/mol. The Morgan fingerprint density at radius 1 is 1.27 bits per heavy atom. The number of urea groups is 1. The number of amides is 3. The summed E-state index contributed by atoms with van der Waals surface area (Å²) in [6.07, 6.45) is 1.66. The smallest absolute Gasteiger partial charge is 0.319 e. The molecule has 2 aromatic carbocycles. The van der Waals surface area contributed by atoms with Crippen LogP contribution in [0.15, 0.2) is 61.7 Å². The van der Waals surface area contributed by atoms with Crippen molar-refractivity contribution in [2.24, 2.45) is 0 Å². The summed E-state index contributed by atoms with van der Waals surface area (Å²) in [5.74, 6) is 0.419. The molecule has 1 aliphatic rings. The zero-order chi connectivity index (χ0) is 21.9. The maximum absolute atomic E-state index is 12.6. The van der Waals surface area contributed by atoms with Crippen molar-refractivity contribution in [2.45, 2.75) is 26.3 Å². The van der Waals surface area contributed by atoms with Crippen molar-refractivity contribution < 1.29 is 14.3 Å². The summed E-state index contributed by atoms with van der Waals surface area (Å²) >= 11 is 0. The second kappa shape index (κ2) is 8.45. The molecule has 2 aromatic rings. The molecule has 0 saturated heterocycles. The summed E-state index contributed by atoms with van der Waals surface area (Å²) in [5.41, 5.74) is 3.63. The minimum absolute atomic E-state index is 0.0391. The van der Waals surface area contributed by atoms with E-state index in [0.29, 0.717) is 23.7 Å². The van der Waals surface area contributed by atoms with Gasteiger partial charge >= 0.3 is 6.03 Å². The summed E-state index contributed by atoms with van der Waals surface area (Å²) in [5, 5.41) is 5.85. The first-order valence-electron chi connectivity index (χ1n) is 9.75. The van der Waals surface area contributed by atoms with E-state index < -0.39 is 5.54 Å². The Labute approximate surface area is 177 Å². The fraction of sp³-hybridized carbons (Fsp3) is 0.250. The van der Waals surface area contributed by atoms with Gasteiger partial charge in [-0.25, -0.2) is 4.79 Å². The van der Waals surface area contributed by atoms with Gasteiger partial charge in [-0.3, -0.25) is 4.79 Å². The minimum atomic E-state index is -0.590. The monoisotopic (exact) mass is 405 g/mol. The fourth-order valence-corrected chi connectivity index (χ4v) is 3.30. The van der Waals surface area contributed by atoms with Crippen LogP contribution in [0, 0.1) is 0 Å². The normalized spacial score (nSPS) is 13.2. The molecule has 0 bridgehead atoms. The van der Waals surface area contributed by atoms with E-state index in [1.165, 1.54) is 0 Å². The van der Waals surface area contributed by atoms with Gasteiger partial charge in [-0.2, -0.15) is 0 Å². The molecular formula is C24H27N3O3. The lowest BCUT2D eigenvalue weighted by molar-refractivity contribution is -0.121. The van der Waals surface area contributed by atoms with Gasteiger partial charge in [-0.05, 0) is 50.1 Å². The molecule has 6 heteroatoms. The van der Waals surface area contributed by atoms with Crippen molar-refractivity contribution in [1.29, 1.82) is 0 Å². The van der Waals surface area contributed by atoms with Crippen LogP contribution >= 0.6 is 0 Å². The number of benzene rings is 2. The Bertz CT molecular complexity index is 1010. The lowest BCUT2D eigenvalue weighted by Gasteiger charge is -2.29. The first kappa shape index (κ1) is 21.2. The van der Waals surface area contributed by atoms with Crippen molar-refractivity contribution in [3.8, 4) is 5.75 Å². The average molecular weight is 405 g/mol. The largest absolute Gasteiger partial charge is 0.481 e. The average Bonchev–Trinajstić information content (AvgIpc) is 2.70. The first-order valence-corrected chi connectivity index (χ1v) is 9.75. The maximum atomic E-state index is 12.6. The van der Waals surface area contributed by atoms with E-state index in [1.54, 1.807) is 29.2 Å². The number of nitrogens with zero attached hydrogens (tertiary/aromatic N) is 1. The predicted octanol–water partition coefficient (Wildman–Crippen LogP) is 4.69. The Morgan fingerprint density at radius 3 is 2.73 bits per heavy atom. The van der Waals surface area contributed by atoms with Crippen molar-refractivity contribution in [2.75, 3.05) is 23.4 Å². The van der Waals surface area contributed by atoms with Crippen LogP contribution in [0.25, 0.3) is 5.57 Å². The molecule has 2 N–H and O–H groups in total. The predicted molar refractivity (Wildman–Crippen MR) is 121 cm³/mol. The zero-order valence-corrected chi connectivity index (χ0v) is 17.6. The number of rotatable bonds is 6. The highest BCUT2D eigenvalue weighted by atomic mass is 16.5. The summed E-state index contributed by atoms with van der Waals surface area (Å²) in [4.78, 5) is 26.3. The van der Waals surface area contributed by atoms with E-state index >= 15 is 0 Å². The Kier molecular flexibility index (Phi) is 5.96. The summed E-state index contributed by atoms with van der Waals surface area (Å²) in [6.45, 7) is 13.9. The standard InChI is InChI=1S/C24H27N3O3/c1-6-12-27-20-11-10-19(14-21(20)30-15-22(27)28)25-23(29)26-24(4,5)18-9-7-8-17(13-18)16(2)3/h6-11,13-14H,1-2,12,15H2,3-5H3,(H2,25,26,29). The molecule has 1 heterocycles. The molecule has 3 amide bonds. The van der Waals surface area contributed by atoms with Gasteiger partial charge in [0.1, 0.15) is 5.75 Å². The quantitative estimate of drug-likeness (QED) is 0.685. The fourth-order valence-electron chi connectivity index (χ4n) is 3.30. The number of nitrogens with one attached hydrogen (secondary N) is 2. The third kappa shape index (κ3) is 4.54. The lowest BCUT2D eigenvalue weighted by Crippen LogP contribution is -2.43.